The fourth-order valence-electron chi connectivity index (χ4n) is 2.37. The Balaban J connectivity index is 2.12. The summed E-state index contributed by atoms with van der Waals surface area (Å²) in [6, 6.07) is 0.460. The van der Waals surface area contributed by atoms with Crippen LogP contribution < -0.4 is 0 Å². The van der Waals surface area contributed by atoms with Crippen LogP contribution in [-0.4, -0.2) is 30.3 Å². The van der Waals surface area contributed by atoms with E-state index >= 15 is 0 Å². The molecule has 1 aliphatic heterocycles. The Morgan fingerprint density at radius 3 is 2.94 bits per heavy atom. The molecule has 2 nitrogen and oxygen atoms in total. The highest BCUT2D eigenvalue weighted by atomic mass is 16.1. The Kier molecular flexibility index (Phi) is 7.75. The highest BCUT2D eigenvalue weighted by molar-refractivity contribution is 5.50. The minimum atomic E-state index is 0.460. The lowest BCUT2D eigenvalue weighted by Crippen LogP contribution is -2.29. The first-order valence-electron chi connectivity index (χ1n) is 7.02. The van der Waals surface area contributed by atoms with Crippen LogP contribution in [0.2, 0.25) is 0 Å². The van der Waals surface area contributed by atoms with Crippen LogP contribution in [0.15, 0.2) is 0 Å². The van der Waals surface area contributed by atoms with Crippen LogP contribution in [0.25, 0.3) is 0 Å². The topological polar surface area (TPSA) is 20.3 Å². The van der Waals surface area contributed by atoms with Gasteiger partial charge in [0.05, 0.1) is 6.54 Å². The number of rotatable bonds is 7. The standard InChI is InChI=1S/C15H25NO/c1-2-3-4-5-6-7-8-12-16-13-9-10-15(16)11-14-17/h14-15H,2-6,9-13H2,1H3/t15-/m0/s1. The predicted molar refractivity (Wildman–Crippen MR) is 71.8 cm³/mol. The van der Waals surface area contributed by atoms with Crippen molar-refractivity contribution in [1.82, 2.24) is 4.90 Å². The smallest absolute Gasteiger partial charge is 0.121 e. The Labute approximate surface area is 106 Å². The third kappa shape index (κ3) is 5.89. The van der Waals surface area contributed by atoms with E-state index in [-0.39, 0.29) is 0 Å². The second-order valence-electron chi connectivity index (χ2n) is 4.83. The van der Waals surface area contributed by atoms with Crippen molar-refractivity contribution >= 4 is 6.29 Å². The van der Waals surface area contributed by atoms with Crippen molar-refractivity contribution in [2.45, 2.75) is 64.3 Å². The summed E-state index contributed by atoms with van der Waals surface area (Å²) in [7, 11) is 0. The molecule has 1 saturated heterocycles. The normalized spacial score (nSPS) is 19.9. The molecule has 96 valence electrons. The van der Waals surface area contributed by atoms with E-state index in [1.807, 2.05) is 0 Å². The van der Waals surface area contributed by atoms with Crippen molar-refractivity contribution in [3.63, 3.8) is 0 Å². The SMILES string of the molecule is CCCCCCC#CCN1CCC[C@H]1CC=O. The summed E-state index contributed by atoms with van der Waals surface area (Å²) in [5, 5.41) is 0. The maximum atomic E-state index is 10.5. The van der Waals surface area contributed by atoms with Crippen molar-refractivity contribution in [2.24, 2.45) is 0 Å². The van der Waals surface area contributed by atoms with Crippen LogP contribution in [0.5, 0.6) is 0 Å². The van der Waals surface area contributed by atoms with Crippen LogP contribution in [0.4, 0.5) is 0 Å². The highest BCUT2D eigenvalue weighted by Crippen LogP contribution is 2.18. The Bertz CT molecular complexity index is 264. The van der Waals surface area contributed by atoms with E-state index in [2.05, 4.69) is 23.7 Å². The van der Waals surface area contributed by atoms with Crippen molar-refractivity contribution in [1.29, 1.82) is 0 Å². The van der Waals surface area contributed by atoms with Gasteiger partial charge in [0.25, 0.3) is 0 Å². The summed E-state index contributed by atoms with van der Waals surface area (Å²) in [6.45, 7) is 4.20. The number of nitrogens with zero attached hydrogens (tertiary/aromatic N) is 1. The molecule has 0 aromatic carbocycles. The van der Waals surface area contributed by atoms with Gasteiger partial charge in [-0.2, -0.15) is 0 Å². The lowest BCUT2D eigenvalue weighted by atomic mass is 10.1. The highest BCUT2D eigenvalue weighted by Gasteiger charge is 2.22. The lowest BCUT2D eigenvalue weighted by molar-refractivity contribution is -0.108. The molecular formula is C15H25NO. The van der Waals surface area contributed by atoms with Crippen molar-refractivity contribution in [3.8, 4) is 11.8 Å². The van der Waals surface area contributed by atoms with Gasteiger partial charge in [-0.1, -0.05) is 32.1 Å². The molecule has 0 bridgehead atoms. The second-order valence-corrected chi connectivity index (χ2v) is 4.83. The molecule has 0 aromatic rings. The van der Waals surface area contributed by atoms with Gasteiger partial charge in [-0.05, 0) is 25.8 Å². The molecule has 1 aliphatic rings. The maximum absolute atomic E-state index is 10.5. The lowest BCUT2D eigenvalue weighted by Gasteiger charge is -2.19. The molecule has 0 aromatic heterocycles. The average molecular weight is 235 g/mol. The number of aldehydes is 1. The summed E-state index contributed by atoms with van der Waals surface area (Å²) < 4.78 is 0. The third-order valence-corrected chi connectivity index (χ3v) is 3.43. The Hall–Kier alpha value is -0.810. The molecule has 0 N–H and O–H groups in total. The molecule has 0 radical (unpaired) electrons. The third-order valence-electron chi connectivity index (χ3n) is 3.43. The summed E-state index contributed by atoms with van der Waals surface area (Å²) in [5.74, 6) is 6.51. The van der Waals surface area contributed by atoms with E-state index < -0.39 is 0 Å². The van der Waals surface area contributed by atoms with Gasteiger partial charge in [0.15, 0.2) is 0 Å². The largest absolute Gasteiger partial charge is 0.303 e. The first kappa shape index (κ1) is 14.3. The van der Waals surface area contributed by atoms with Crippen LogP contribution in [0.1, 0.15) is 58.3 Å². The van der Waals surface area contributed by atoms with E-state index in [4.69, 9.17) is 0 Å². The Morgan fingerprint density at radius 1 is 1.29 bits per heavy atom. The van der Waals surface area contributed by atoms with Crippen LogP contribution in [0.3, 0.4) is 0 Å². The first-order chi connectivity index (χ1) is 8.38. The molecule has 1 heterocycles. The molecule has 1 fully saturated rings. The van der Waals surface area contributed by atoms with Gasteiger partial charge >= 0.3 is 0 Å². The number of hydrogen-bond donors (Lipinski definition) is 0. The van der Waals surface area contributed by atoms with Gasteiger partial charge in [-0.15, -0.1) is 5.92 Å². The number of unbranched alkanes of at least 4 members (excludes halogenated alkanes) is 4. The quantitative estimate of drug-likeness (QED) is 0.384. The predicted octanol–water partition coefficient (Wildman–Crippen LogP) is 3.01. The number of likely N-dealkylation sites (tertiary alicyclic amines) is 1. The molecule has 0 saturated carbocycles. The van der Waals surface area contributed by atoms with Crippen molar-refractivity contribution < 1.29 is 4.79 Å². The van der Waals surface area contributed by atoms with Crippen LogP contribution in [0, 0.1) is 11.8 Å². The number of carbonyl (C=O) groups excluding carboxylic acids is 1. The van der Waals surface area contributed by atoms with E-state index in [1.54, 1.807) is 0 Å². The van der Waals surface area contributed by atoms with Crippen LogP contribution >= 0.6 is 0 Å². The summed E-state index contributed by atoms with van der Waals surface area (Å²) >= 11 is 0. The second kappa shape index (κ2) is 9.24. The van der Waals surface area contributed by atoms with Gasteiger partial charge in [0.1, 0.15) is 6.29 Å². The molecule has 1 rings (SSSR count). The molecular weight excluding hydrogens is 210 g/mol. The van der Waals surface area contributed by atoms with E-state index in [0.29, 0.717) is 12.5 Å². The number of hydrogen-bond acceptors (Lipinski definition) is 2. The fourth-order valence-corrected chi connectivity index (χ4v) is 2.37. The maximum Gasteiger partial charge on any atom is 0.121 e. The van der Waals surface area contributed by atoms with Gasteiger partial charge < -0.3 is 4.79 Å². The van der Waals surface area contributed by atoms with E-state index in [0.717, 1.165) is 32.2 Å². The summed E-state index contributed by atoms with van der Waals surface area (Å²) in [5.41, 5.74) is 0. The fraction of sp³-hybridized carbons (Fsp3) is 0.800. The average Bonchev–Trinajstić information content (AvgIpc) is 2.76. The first-order valence-corrected chi connectivity index (χ1v) is 7.02. The summed E-state index contributed by atoms with van der Waals surface area (Å²) in [6.07, 6.45) is 10.3. The van der Waals surface area contributed by atoms with E-state index in [9.17, 15) is 4.79 Å². The molecule has 0 spiro atoms. The Morgan fingerprint density at radius 2 is 2.18 bits per heavy atom. The minimum Gasteiger partial charge on any atom is -0.303 e. The molecule has 2 heteroatoms. The van der Waals surface area contributed by atoms with Crippen LogP contribution in [-0.2, 0) is 4.79 Å². The molecule has 1 atom stereocenters. The molecule has 0 amide bonds. The zero-order valence-corrected chi connectivity index (χ0v) is 11.1. The number of carbonyl (C=O) groups is 1. The summed E-state index contributed by atoms with van der Waals surface area (Å²) in [4.78, 5) is 12.9. The monoisotopic (exact) mass is 235 g/mol. The minimum absolute atomic E-state index is 0.460. The zero-order chi connectivity index (χ0) is 12.3. The van der Waals surface area contributed by atoms with Crippen molar-refractivity contribution in [2.75, 3.05) is 13.1 Å². The molecule has 17 heavy (non-hydrogen) atoms. The van der Waals surface area contributed by atoms with Gasteiger partial charge in [0.2, 0.25) is 0 Å². The zero-order valence-electron chi connectivity index (χ0n) is 11.1. The molecule has 0 aliphatic carbocycles. The van der Waals surface area contributed by atoms with Gasteiger partial charge in [-0.25, -0.2) is 0 Å². The van der Waals surface area contributed by atoms with Gasteiger partial charge in [-0.3, -0.25) is 4.90 Å². The molecule has 0 unspecified atom stereocenters. The van der Waals surface area contributed by atoms with Gasteiger partial charge in [0, 0.05) is 18.9 Å². The van der Waals surface area contributed by atoms with E-state index in [1.165, 1.54) is 32.1 Å². The van der Waals surface area contributed by atoms with Crippen molar-refractivity contribution in [3.05, 3.63) is 0 Å².